The van der Waals surface area contributed by atoms with E-state index in [-0.39, 0.29) is 11.5 Å². The Morgan fingerprint density at radius 3 is 2.26 bits per heavy atom. The zero-order valence-electron chi connectivity index (χ0n) is 24.2. The zero-order chi connectivity index (χ0) is 28.0. The highest BCUT2D eigenvalue weighted by Crippen LogP contribution is 2.28. The molecule has 7 heteroatoms. The van der Waals surface area contributed by atoms with Gasteiger partial charge >= 0.3 is 0 Å². The first-order valence-corrected chi connectivity index (χ1v) is 14.5. The number of fused-ring (bicyclic) bond motifs is 1. The number of unbranched alkanes of at least 4 members (excludes halogenated alkanes) is 8. The molecular weight excluding hydrogens is 490 g/mol. The van der Waals surface area contributed by atoms with Crippen molar-refractivity contribution in [3.63, 3.8) is 0 Å². The maximum Gasteiger partial charge on any atom is 0.266 e. The number of carbonyl (C=O) groups excluding carboxylic acids is 1. The molecule has 0 radical (unpaired) electrons. The Balaban J connectivity index is 1.85. The number of benzene rings is 2. The second-order valence-electron chi connectivity index (χ2n) is 10.1. The van der Waals surface area contributed by atoms with E-state index in [0.717, 1.165) is 19.3 Å². The summed E-state index contributed by atoms with van der Waals surface area (Å²) in [5, 5.41) is 0.517. The van der Waals surface area contributed by atoms with Crippen LogP contribution in [-0.4, -0.2) is 47.7 Å². The highest BCUT2D eigenvalue weighted by Gasteiger charge is 2.27. The standard InChI is InChI=1S/C32H45N3O4/c1-5-6-7-8-9-10-11-12-13-22-30(36)34(23-24-38-3)25(2)31-33-27-19-15-14-18-26(27)32(37)35(31)28-20-16-17-21-29(28)39-4/h14-21,25H,5-13,22-24H2,1-4H3. The average molecular weight is 536 g/mol. The van der Waals surface area contributed by atoms with Crippen LogP contribution in [0.25, 0.3) is 16.6 Å². The van der Waals surface area contributed by atoms with Gasteiger partial charge < -0.3 is 14.4 Å². The summed E-state index contributed by atoms with van der Waals surface area (Å²) in [6, 6.07) is 14.3. The lowest BCUT2D eigenvalue weighted by Gasteiger charge is -2.30. The van der Waals surface area contributed by atoms with Crippen LogP contribution >= 0.6 is 0 Å². The van der Waals surface area contributed by atoms with Gasteiger partial charge in [0, 0.05) is 20.1 Å². The van der Waals surface area contributed by atoms with Gasteiger partial charge in [-0.05, 0) is 37.6 Å². The second-order valence-corrected chi connectivity index (χ2v) is 10.1. The van der Waals surface area contributed by atoms with Gasteiger partial charge in [0.25, 0.3) is 5.56 Å². The number of hydrogen-bond donors (Lipinski definition) is 0. The molecule has 3 rings (SSSR count). The summed E-state index contributed by atoms with van der Waals surface area (Å²) >= 11 is 0. The Morgan fingerprint density at radius 1 is 0.923 bits per heavy atom. The smallest absolute Gasteiger partial charge is 0.266 e. The molecule has 1 amide bonds. The summed E-state index contributed by atoms with van der Waals surface area (Å²) in [4.78, 5) is 34.1. The van der Waals surface area contributed by atoms with Crippen LogP contribution in [0.5, 0.6) is 5.75 Å². The van der Waals surface area contributed by atoms with E-state index in [1.807, 2.05) is 49.4 Å². The average Bonchev–Trinajstić information content (AvgIpc) is 2.96. The molecule has 0 bridgehead atoms. The molecule has 1 heterocycles. The lowest BCUT2D eigenvalue weighted by Crippen LogP contribution is -2.39. The van der Waals surface area contributed by atoms with Crippen molar-refractivity contribution in [2.24, 2.45) is 0 Å². The fraction of sp³-hybridized carbons (Fsp3) is 0.531. The van der Waals surface area contributed by atoms with Crippen LogP contribution in [0.4, 0.5) is 0 Å². The molecule has 1 unspecified atom stereocenters. The Kier molecular flexibility index (Phi) is 12.5. The number of methoxy groups -OCH3 is 2. The van der Waals surface area contributed by atoms with E-state index in [2.05, 4.69) is 6.92 Å². The van der Waals surface area contributed by atoms with Gasteiger partial charge in [-0.1, -0.05) is 82.6 Å². The number of amides is 1. The molecule has 7 nitrogen and oxygen atoms in total. The van der Waals surface area contributed by atoms with Crippen molar-refractivity contribution in [1.29, 1.82) is 0 Å². The molecule has 0 saturated heterocycles. The molecule has 2 aromatic carbocycles. The van der Waals surface area contributed by atoms with Crippen LogP contribution in [0.2, 0.25) is 0 Å². The van der Waals surface area contributed by atoms with E-state index in [1.54, 1.807) is 29.8 Å². The third-order valence-corrected chi connectivity index (χ3v) is 7.32. The van der Waals surface area contributed by atoms with Crippen LogP contribution < -0.4 is 10.3 Å². The van der Waals surface area contributed by atoms with Gasteiger partial charge in [0.15, 0.2) is 0 Å². The summed E-state index contributed by atoms with van der Waals surface area (Å²) in [6.07, 6.45) is 11.3. The fourth-order valence-electron chi connectivity index (χ4n) is 5.07. The first kappa shape index (κ1) is 30.4. The predicted octanol–water partition coefficient (Wildman–Crippen LogP) is 6.85. The van der Waals surface area contributed by atoms with Gasteiger partial charge in [0.05, 0.1) is 36.3 Å². The number of nitrogens with zero attached hydrogens (tertiary/aromatic N) is 3. The second kappa shape index (κ2) is 16.0. The summed E-state index contributed by atoms with van der Waals surface area (Å²) in [5.74, 6) is 1.12. The summed E-state index contributed by atoms with van der Waals surface area (Å²) in [5.41, 5.74) is 1.02. The van der Waals surface area contributed by atoms with E-state index in [0.29, 0.717) is 47.7 Å². The van der Waals surface area contributed by atoms with Crippen LogP contribution in [0.15, 0.2) is 53.3 Å². The molecular formula is C32H45N3O4. The number of carbonyl (C=O) groups is 1. The summed E-state index contributed by atoms with van der Waals surface area (Å²) in [6.45, 7) is 5.00. The highest BCUT2D eigenvalue weighted by atomic mass is 16.5. The maximum absolute atomic E-state index is 13.8. The molecule has 0 fully saturated rings. The summed E-state index contributed by atoms with van der Waals surface area (Å²) in [7, 11) is 3.22. The van der Waals surface area contributed by atoms with E-state index in [9.17, 15) is 9.59 Å². The molecule has 39 heavy (non-hydrogen) atoms. The van der Waals surface area contributed by atoms with E-state index in [1.165, 1.54) is 38.5 Å². The highest BCUT2D eigenvalue weighted by molar-refractivity contribution is 5.79. The molecule has 0 aliphatic carbocycles. The van der Waals surface area contributed by atoms with Crippen molar-refractivity contribution >= 4 is 16.8 Å². The minimum absolute atomic E-state index is 0.0523. The molecule has 1 aromatic heterocycles. The quantitative estimate of drug-likeness (QED) is 0.177. The largest absolute Gasteiger partial charge is 0.495 e. The summed E-state index contributed by atoms with van der Waals surface area (Å²) < 4.78 is 12.5. The molecule has 0 aliphatic rings. The van der Waals surface area contributed by atoms with Crippen molar-refractivity contribution in [3.05, 3.63) is 64.7 Å². The van der Waals surface area contributed by atoms with Gasteiger partial charge in [-0.25, -0.2) is 4.98 Å². The van der Waals surface area contributed by atoms with Crippen LogP contribution in [0, 0.1) is 0 Å². The normalized spacial score (nSPS) is 12.0. The van der Waals surface area contributed by atoms with E-state index < -0.39 is 6.04 Å². The molecule has 3 aromatic rings. The maximum atomic E-state index is 13.8. The predicted molar refractivity (Wildman–Crippen MR) is 158 cm³/mol. The Morgan fingerprint density at radius 2 is 1.56 bits per heavy atom. The van der Waals surface area contributed by atoms with Crippen LogP contribution in [-0.2, 0) is 9.53 Å². The Labute approximate surface area is 233 Å². The first-order chi connectivity index (χ1) is 19.0. The van der Waals surface area contributed by atoms with Crippen molar-refractivity contribution < 1.29 is 14.3 Å². The number of rotatable bonds is 17. The topological polar surface area (TPSA) is 73.7 Å². The van der Waals surface area contributed by atoms with Gasteiger partial charge in [-0.15, -0.1) is 0 Å². The van der Waals surface area contributed by atoms with Crippen molar-refractivity contribution in [1.82, 2.24) is 14.5 Å². The third-order valence-electron chi connectivity index (χ3n) is 7.32. The first-order valence-electron chi connectivity index (χ1n) is 14.5. The Bertz CT molecular complexity index is 1240. The van der Waals surface area contributed by atoms with Gasteiger partial charge in [-0.3, -0.25) is 14.2 Å². The Hall–Kier alpha value is -3.19. The fourth-order valence-corrected chi connectivity index (χ4v) is 5.07. The van der Waals surface area contributed by atoms with Crippen molar-refractivity contribution in [2.75, 3.05) is 27.4 Å². The third kappa shape index (κ3) is 8.15. The monoisotopic (exact) mass is 535 g/mol. The minimum Gasteiger partial charge on any atom is -0.495 e. The number of hydrogen-bond acceptors (Lipinski definition) is 5. The molecule has 0 saturated carbocycles. The zero-order valence-corrected chi connectivity index (χ0v) is 24.2. The van der Waals surface area contributed by atoms with Crippen molar-refractivity contribution in [2.45, 2.75) is 84.1 Å². The molecule has 0 N–H and O–H groups in total. The van der Waals surface area contributed by atoms with Crippen LogP contribution in [0.1, 0.15) is 89.9 Å². The van der Waals surface area contributed by atoms with Crippen molar-refractivity contribution in [3.8, 4) is 11.4 Å². The van der Waals surface area contributed by atoms with Gasteiger partial charge in [0.2, 0.25) is 5.91 Å². The molecule has 0 spiro atoms. The lowest BCUT2D eigenvalue weighted by molar-refractivity contribution is -0.134. The number of ether oxygens (including phenoxy) is 2. The minimum atomic E-state index is -0.451. The lowest BCUT2D eigenvalue weighted by atomic mass is 10.1. The number of para-hydroxylation sites is 3. The van der Waals surface area contributed by atoms with E-state index >= 15 is 0 Å². The molecule has 212 valence electrons. The van der Waals surface area contributed by atoms with E-state index in [4.69, 9.17) is 14.5 Å². The molecule has 1 atom stereocenters. The van der Waals surface area contributed by atoms with Gasteiger partial charge in [-0.2, -0.15) is 0 Å². The molecule has 0 aliphatic heterocycles. The van der Waals surface area contributed by atoms with Gasteiger partial charge in [0.1, 0.15) is 11.6 Å². The number of aromatic nitrogens is 2. The van der Waals surface area contributed by atoms with Crippen LogP contribution in [0.3, 0.4) is 0 Å². The SMILES string of the molecule is CCCCCCCCCCCC(=O)N(CCOC)C(C)c1nc2ccccc2c(=O)n1-c1ccccc1OC.